The van der Waals surface area contributed by atoms with Crippen molar-refractivity contribution in [1.29, 1.82) is 0 Å². The van der Waals surface area contributed by atoms with Crippen molar-refractivity contribution in [2.75, 3.05) is 39.8 Å². The molecule has 0 amide bonds. The van der Waals surface area contributed by atoms with Gasteiger partial charge in [0.05, 0.1) is 18.1 Å². The first-order valence-corrected chi connectivity index (χ1v) is 10.5. The van der Waals surface area contributed by atoms with Gasteiger partial charge in [0.15, 0.2) is 5.75 Å². The Morgan fingerprint density at radius 2 is 1.87 bits per heavy atom. The third-order valence-electron chi connectivity index (χ3n) is 5.77. The van der Waals surface area contributed by atoms with Gasteiger partial charge in [0, 0.05) is 38.8 Å². The van der Waals surface area contributed by atoms with Crippen molar-refractivity contribution < 1.29 is 18.7 Å². The maximum atomic E-state index is 13.8. The van der Waals surface area contributed by atoms with E-state index in [9.17, 15) is 9.18 Å². The van der Waals surface area contributed by atoms with Gasteiger partial charge in [-0.2, -0.15) is 0 Å². The minimum absolute atomic E-state index is 0.201. The minimum atomic E-state index is -0.558. The van der Waals surface area contributed by atoms with Crippen LogP contribution >= 0.6 is 0 Å². The number of aryl methyl sites for hydroxylation is 1. The number of rotatable bonds is 3. The molecule has 6 nitrogen and oxygen atoms in total. The number of benzene rings is 2. The summed E-state index contributed by atoms with van der Waals surface area (Å²) < 4.78 is 24.8. The number of fused-ring (bicyclic) bond motifs is 2. The molecule has 1 saturated heterocycles. The van der Waals surface area contributed by atoms with Crippen molar-refractivity contribution in [2.24, 2.45) is 10.4 Å². The van der Waals surface area contributed by atoms with Crippen LogP contribution in [0.1, 0.15) is 25.0 Å². The smallest absolute Gasteiger partial charge is 0.312 e. The third-order valence-corrected chi connectivity index (χ3v) is 5.77. The van der Waals surface area contributed by atoms with Crippen LogP contribution in [0.2, 0.25) is 0 Å². The molecule has 0 unspecified atom stereocenters. The number of halogens is 1. The van der Waals surface area contributed by atoms with Crippen LogP contribution < -0.4 is 4.74 Å². The van der Waals surface area contributed by atoms with Gasteiger partial charge >= 0.3 is 5.97 Å². The van der Waals surface area contributed by atoms with E-state index in [-0.39, 0.29) is 11.8 Å². The summed E-state index contributed by atoms with van der Waals surface area (Å²) in [7, 11) is 1.43. The molecule has 164 valence electrons. The number of nitrogens with zero attached hydrogens (tertiary/aromatic N) is 3. The molecule has 0 saturated carbocycles. The van der Waals surface area contributed by atoms with Crippen molar-refractivity contribution >= 4 is 17.5 Å². The first-order chi connectivity index (χ1) is 14.8. The molecule has 2 aliphatic heterocycles. The number of hydrogen-bond acceptors (Lipinski definition) is 6. The van der Waals surface area contributed by atoms with Crippen LogP contribution in [0.15, 0.2) is 41.4 Å². The topological polar surface area (TPSA) is 54.4 Å². The average Bonchev–Trinajstić information content (AvgIpc) is 2.89. The monoisotopic (exact) mass is 425 g/mol. The van der Waals surface area contributed by atoms with Gasteiger partial charge in [0.25, 0.3) is 0 Å². The molecule has 0 radical (unpaired) electrons. The summed E-state index contributed by atoms with van der Waals surface area (Å²) >= 11 is 0. The second kappa shape index (κ2) is 8.30. The molecule has 0 N–H and O–H groups in total. The zero-order valence-electron chi connectivity index (χ0n) is 18.4. The van der Waals surface area contributed by atoms with Crippen molar-refractivity contribution in [3.63, 3.8) is 0 Å². The second-order valence-corrected chi connectivity index (χ2v) is 8.79. The number of carbonyl (C=O) groups excluding carboxylic acids is 1. The van der Waals surface area contributed by atoms with E-state index < -0.39 is 5.41 Å². The number of ether oxygens (including phenoxy) is 2. The van der Waals surface area contributed by atoms with Crippen LogP contribution in [0, 0.1) is 18.2 Å². The fourth-order valence-corrected chi connectivity index (χ4v) is 4.11. The van der Waals surface area contributed by atoms with Gasteiger partial charge in [-0.05, 0) is 50.6 Å². The molecular formula is C24H28FN3O3. The van der Waals surface area contributed by atoms with Gasteiger partial charge in [0.2, 0.25) is 0 Å². The third kappa shape index (κ3) is 4.42. The highest BCUT2D eigenvalue weighted by Crippen LogP contribution is 2.39. The van der Waals surface area contributed by atoms with Crippen LogP contribution in [0.5, 0.6) is 11.5 Å². The lowest BCUT2D eigenvalue weighted by atomic mass is 9.92. The summed E-state index contributed by atoms with van der Waals surface area (Å²) in [5.74, 6) is 1.37. The zero-order valence-corrected chi connectivity index (χ0v) is 18.4. The molecule has 0 aromatic heterocycles. The van der Waals surface area contributed by atoms with Crippen LogP contribution in [0.3, 0.4) is 0 Å². The lowest BCUT2D eigenvalue weighted by molar-refractivity contribution is -0.152. The fraction of sp³-hybridized carbons (Fsp3) is 0.417. The van der Waals surface area contributed by atoms with E-state index in [4.69, 9.17) is 14.5 Å². The van der Waals surface area contributed by atoms with Crippen molar-refractivity contribution in [2.45, 2.75) is 20.8 Å². The average molecular weight is 426 g/mol. The zero-order chi connectivity index (χ0) is 22.2. The highest BCUT2D eigenvalue weighted by Gasteiger charge is 2.33. The van der Waals surface area contributed by atoms with E-state index in [2.05, 4.69) is 9.80 Å². The van der Waals surface area contributed by atoms with Crippen molar-refractivity contribution in [3.8, 4) is 11.5 Å². The van der Waals surface area contributed by atoms with Crippen LogP contribution in [0.25, 0.3) is 0 Å². The largest absolute Gasteiger partial charge is 0.469 e. The number of amidine groups is 1. The Morgan fingerprint density at radius 3 is 2.58 bits per heavy atom. The number of hydrogen-bond donors (Lipinski definition) is 0. The lowest BCUT2D eigenvalue weighted by Gasteiger charge is -2.39. The second-order valence-electron chi connectivity index (χ2n) is 8.79. The summed E-state index contributed by atoms with van der Waals surface area (Å²) in [5, 5.41) is 0. The first kappa shape index (κ1) is 21.3. The van der Waals surface area contributed by atoms with E-state index >= 15 is 0 Å². The molecule has 4 rings (SSSR count). The molecule has 2 heterocycles. The van der Waals surface area contributed by atoms with Gasteiger partial charge in [0.1, 0.15) is 23.1 Å². The predicted molar refractivity (Wildman–Crippen MR) is 118 cm³/mol. The molecule has 1 fully saturated rings. The van der Waals surface area contributed by atoms with Gasteiger partial charge in [-0.1, -0.05) is 6.07 Å². The van der Waals surface area contributed by atoms with E-state index in [0.717, 1.165) is 43.1 Å². The molecular weight excluding hydrogens is 397 g/mol. The molecule has 7 heteroatoms. The van der Waals surface area contributed by atoms with E-state index in [0.29, 0.717) is 23.7 Å². The molecule has 0 spiro atoms. The van der Waals surface area contributed by atoms with E-state index in [1.54, 1.807) is 6.07 Å². The van der Waals surface area contributed by atoms with Crippen LogP contribution in [-0.4, -0.2) is 61.4 Å². The summed E-state index contributed by atoms with van der Waals surface area (Å²) in [4.78, 5) is 21.4. The van der Waals surface area contributed by atoms with E-state index in [1.165, 1.54) is 19.2 Å². The number of methoxy groups -OCH3 is 1. The molecule has 2 aliphatic rings. The fourth-order valence-electron chi connectivity index (χ4n) is 4.11. The first-order valence-electron chi connectivity index (χ1n) is 10.5. The van der Waals surface area contributed by atoms with Crippen molar-refractivity contribution in [1.82, 2.24) is 9.80 Å². The number of aliphatic imine (C=N–C) groups is 1. The Labute approximate surface area is 182 Å². The molecule has 0 bridgehead atoms. The highest BCUT2D eigenvalue weighted by atomic mass is 19.1. The molecule has 0 aliphatic carbocycles. The highest BCUT2D eigenvalue weighted by molar-refractivity contribution is 6.03. The van der Waals surface area contributed by atoms with Gasteiger partial charge < -0.3 is 14.4 Å². The summed E-state index contributed by atoms with van der Waals surface area (Å²) in [5.41, 5.74) is 2.01. The van der Waals surface area contributed by atoms with Crippen LogP contribution in [0.4, 0.5) is 10.1 Å². The maximum Gasteiger partial charge on any atom is 0.312 e. The van der Waals surface area contributed by atoms with Crippen LogP contribution in [-0.2, 0) is 9.53 Å². The van der Waals surface area contributed by atoms with Gasteiger partial charge in [-0.3, -0.25) is 9.69 Å². The van der Waals surface area contributed by atoms with Gasteiger partial charge in [-0.25, -0.2) is 9.38 Å². The minimum Gasteiger partial charge on any atom is -0.469 e. The molecule has 31 heavy (non-hydrogen) atoms. The summed E-state index contributed by atoms with van der Waals surface area (Å²) in [6.07, 6.45) is 0. The molecule has 2 aromatic rings. The SMILES string of the molecule is COC(=O)C(C)(C)CN1CCN(C2=Nc3ccc(F)cc3Oc3cc(C)ccc32)CC1. The Bertz CT molecular complexity index is 1030. The Hall–Kier alpha value is -2.93. The molecule has 0 atom stereocenters. The summed E-state index contributed by atoms with van der Waals surface area (Å²) in [6, 6.07) is 10.4. The summed E-state index contributed by atoms with van der Waals surface area (Å²) in [6.45, 7) is 9.59. The Kier molecular flexibility index (Phi) is 5.71. The van der Waals surface area contributed by atoms with Crippen molar-refractivity contribution in [3.05, 3.63) is 53.3 Å². The number of carbonyl (C=O) groups is 1. The lowest BCUT2D eigenvalue weighted by Crippen LogP contribution is -2.52. The number of piperazine rings is 1. The predicted octanol–water partition coefficient (Wildman–Crippen LogP) is 4.13. The Balaban J connectivity index is 1.59. The standard InChI is InChI=1S/C24H28FN3O3/c1-16-5-7-18-20(13-16)31-21-14-17(25)6-8-19(21)26-22(18)28-11-9-27(10-12-28)15-24(2,3)23(29)30-4/h5-8,13-14H,9-12,15H2,1-4H3. The van der Waals surface area contributed by atoms with Gasteiger partial charge in [-0.15, -0.1) is 0 Å². The Morgan fingerprint density at radius 1 is 1.13 bits per heavy atom. The number of esters is 1. The molecule has 2 aromatic carbocycles. The maximum absolute atomic E-state index is 13.8. The quantitative estimate of drug-likeness (QED) is 0.692. The normalized spacial score (nSPS) is 16.5. The van der Waals surface area contributed by atoms with E-state index in [1.807, 2.05) is 39.0 Å².